The smallest absolute Gasteiger partial charge is 0.310 e. The molecular weight excluding hydrogens is 364 g/mol. The minimum absolute atomic E-state index is 0.0194. The Bertz CT molecular complexity index is 436. The summed E-state index contributed by atoms with van der Waals surface area (Å²) in [6, 6.07) is 0. The van der Waals surface area contributed by atoms with Gasteiger partial charge in [0.1, 0.15) is 0 Å². The molecule has 0 aromatic rings. The number of esters is 3. The van der Waals surface area contributed by atoms with E-state index in [0.717, 1.165) is 38.5 Å². The fourth-order valence-corrected chi connectivity index (χ4v) is 2.55. The van der Waals surface area contributed by atoms with Crippen LogP contribution in [0.15, 0.2) is 0 Å². The first-order chi connectivity index (χ1) is 13.5. The topological polar surface area (TPSA) is 99.1 Å². The molecular formula is C21H38O7. The van der Waals surface area contributed by atoms with E-state index in [9.17, 15) is 14.4 Å². The van der Waals surface area contributed by atoms with Crippen LogP contribution in [0, 0.1) is 11.8 Å². The lowest BCUT2D eigenvalue weighted by molar-refractivity contribution is -0.164. The number of hydrogen-bond acceptors (Lipinski definition) is 7. The zero-order valence-electron chi connectivity index (χ0n) is 17.7. The second-order valence-corrected chi connectivity index (χ2v) is 7.00. The van der Waals surface area contributed by atoms with Gasteiger partial charge in [0, 0.05) is 6.61 Å². The van der Waals surface area contributed by atoms with Crippen molar-refractivity contribution in [3.63, 3.8) is 0 Å². The Kier molecular flexibility index (Phi) is 16.5. The average Bonchev–Trinajstić information content (AvgIpc) is 2.69. The average molecular weight is 403 g/mol. The number of aliphatic hydroxyl groups is 1. The summed E-state index contributed by atoms with van der Waals surface area (Å²) in [6.45, 7) is 6.45. The highest BCUT2D eigenvalue weighted by Gasteiger charge is 2.35. The SMILES string of the molecule is CCCCCOC(=O)CC(C(=O)OCCCCO)C(C)C(=O)OCCCCC. The van der Waals surface area contributed by atoms with Gasteiger partial charge < -0.3 is 19.3 Å². The van der Waals surface area contributed by atoms with E-state index < -0.39 is 29.7 Å². The molecule has 0 radical (unpaired) electrons. The predicted molar refractivity (Wildman–Crippen MR) is 106 cm³/mol. The number of carbonyl (C=O) groups excluding carboxylic acids is 3. The van der Waals surface area contributed by atoms with E-state index in [1.54, 1.807) is 6.92 Å². The first kappa shape index (κ1) is 26.4. The highest BCUT2D eigenvalue weighted by molar-refractivity contribution is 5.85. The van der Waals surface area contributed by atoms with Gasteiger partial charge in [0.2, 0.25) is 0 Å². The van der Waals surface area contributed by atoms with E-state index in [4.69, 9.17) is 19.3 Å². The molecule has 1 N–H and O–H groups in total. The Hall–Kier alpha value is -1.63. The van der Waals surface area contributed by atoms with E-state index in [2.05, 4.69) is 13.8 Å². The lowest BCUT2D eigenvalue weighted by atomic mass is 9.91. The van der Waals surface area contributed by atoms with E-state index in [0.29, 0.717) is 26.1 Å². The molecule has 0 aliphatic carbocycles. The molecule has 0 saturated heterocycles. The molecule has 0 heterocycles. The van der Waals surface area contributed by atoms with Gasteiger partial charge in [-0.1, -0.05) is 46.5 Å². The molecule has 164 valence electrons. The molecule has 0 saturated carbocycles. The van der Waals surface area contributed by atoms with Gasteiger partial charge in [-0.3, -0.25) is 14.4 Å². The largest absolute Gasteiger partial charge is 0.466 e. The van der Waals surface area contributed by atoms with Crippen LogP contribution in [0.2, 0.25) is 0 Å². The van der Waals surface area contributed by atoms with Crippen LogP contribution >= 0.6 is 0 Å². The molecule has 0 aliphatic heterocycles. The van der Waals surface area contributed by atoms with Crippen molar-refractivity contribution in [2.75, 3.05) is 26.4 Å². The maximum Gasteiger partial charge on any atom is 0.310 e. The molecule has 28 heavy (non-hydrogen) atoms. The van der Waals surface area contributed by atoms with Gasteiger partial charge in [0.05, 0.1) is 38.1 Å². The molecule has 0 bridgehead atoms. The van der Waals surface area contributed by atoms with Crippen LogP contribution in [-0.2, 0) is 28.6 Å². The summed E-state index contributed by atoms with van der Waals surface area (Å²) in [6.07, 6.45) is 6.32. The van der Waals surface area contributed by atoms with Crippen LogP contribution in [0.5, 0.6) is 0 Å². The molecule has 0 spiro atoms. The first-order valence-electron chi connectivity index (χ1n) is 10.6. The molecule has 2 atom stereocenters. The lowest BCUT2D eigenvalue weighted by Crippen LogP contribution is -2.33. The Balaban J connectivity index is 4.73. The first-order valence-corrected chi connectivity index (χ1v) is 10.6. The third-order valence-electron chi connectivity index (χ3n) is 4.46. The standard InChI is InChI=1S/C21H38O7/c1-4-6-9-13-26-19(23)16-18(21(25)28-15-11-8-12-22)17(3)20(24)27-14-10-7-5-2/h17-18,22H,4-16H2,1-3H3. The lowest BCUT2D eigenvalue weighted by Gasteiger charge is -2.21. The number of rotatable bonds is 17. The zero-order chi connectivity index (χ0) is 21.2. The number of hydrogen-bond donors (Lipinski definition) is 1. The van der Waals surface area contributed by atoms with Crippen molar-refractivity contribution in [1.82, 2.24) is 0 Å². The van der Waals surface area contributed by atoms with Gasteiger partial charge >= 0.3 is 17.9 Å². The van der Waals surface area contributed by atoms with Gasteiger partial charge in [-0.15, -0.1) is 0 Å². The highest BCUT2D eigenvalue weighted by atomic mass is 16.5. The maximum atomic E-state index is 12.4. The fourth-order valence-electron chi connectivity index (χ4n) is 2.55. The maximum absolute atomic E-state index is 12.4. The number of unbranched alkanes of at least 4 members (excludes halogenated alkanes) is 5. The summed E-state index contributed by atoms with van der Waals surface area (Å²) in [7, 11) is 0. The minimum Gasteiger partial charge on any atom is -0.466 e. The molecule has 2 unspecified atom stereocenters. The third-order valence-corrected chi connectivity index (χ3v) is 4.46. The predicted octanol–water partition coefficient (Wildman–Crippen LogP) is 3.41. The highest BCUT2D eigenvalue weighted by Crippen LogP contribution is 2.21. The van der Waals surface area contributed by atoms with E-state index in [1.807, 2.05) is 0 Å². The number of carbonyl (C=O) groups is 3. The van der Waals surface area contributed by atoms with Crippen LogP contribution in [-0.4, -0.2) is 49.4 Å². The van der Waals surface area contributed by atoms with Crippen molar-refractivity contribution < 1.29 is 33.7 Å². The fraction of sp³-hybridized carbons (Fsp3) is 0.857. The van der Waals surface area contributed by atoms with Gasteiger partial charge in [-0.25, -0.2) is 0 Å². The van der Waals surface area contributed by atoms with Crippen molar-refractivity contribution in [2.24, 2.45) is 11.8 Å². The van der Waals surface area contributed by atoms with Crippen molar-refractivity contribution in [1.29, 1.82) is 0 Å². The Morgan fingerprint density at radius 1 is 0.750 bits per heavy atom. The number of ether oxygens (including phenoxy) is 3. The summed E-state index contributed by atoms with van der Waals surface area (Å²) in [4.78, 5) is 36.8. The molecule has 0 aromatic carbocycles. The van der Waals surface area contributed by atoms with Gasteiger partial charge in [-0.2, -0.15) is 0 Å². The second kappa shape index (κ2) is 17.5. The van der Waals surface area contributed by atoms with Crippen molar-refractivity contribution in [3.05, 3.63) is 0 Å². The molecule has 0 fully saturated rings. The van der Waals surface area contributed by atoms with Crippen molar-refractivity contribution >= 4 is 17.9 Å². The van der Waals surface area contributed by atoms with E-state index >= 15 is 0 Å². The Morgan fingerprint density at radius 2 is 1.25 bits per heavy atom. The van der Waals surface area contributed by atoms with Crippen LogP contribution in [0.4, 0.5) is 0 Å². The monoisotopic (exact) mass is 402 g/mol. The third kappa shape index (κ3) is 12.7. The zero-order valence-corrected chi connectivity index (χ0v) is 17.7. The summed E-state index contributed by atoms with van der Waals surface area (Å²) < 4.78 is 15.6. The van der Waals surface area contributed by atoms with Gasteiger partial charge in [0.25, 0.3) is 0 Å². The van der Waals surface area contributed by atoms with Crippen LogP contribution in [0.25, 0.3) is 0 Å². The molecule has 0 aromatic heterocycles. The van der Waals surface area contributed by atoms with Crippen LogP contribution in [0.3, 0.4) is 0 Å². The second-order valence-electron chi connectivity index (χ2n) is 7.00. The summed E-state index contributed by atoms with van der Waals surface area (Å²) in [5.74, 6) is -3.37. The Morgan fingerprint density at radius 3 is 1.79 bits per heavy atom. The molecule has 0 rings (SSSR count). The van der Waals surface area contributed by atoms with Crippen molar-refractivity contribution in [3.8, 4) is 0 Å². The van der Waals surface area contributed by atoms with Crippen LogP contribution < -0.4 is 0 Å². The molecule has 0 aliphatic rings. The van der Waals surface area contributed by atoms with Crippen molar-refractivity contribution in [2.45, 2.75) is 78.6 Å². The minimum atomic E-state index is -0.938. The summed E-state index contributed by atoms with van der Waals surface area (Å²) in [5, 5.41) is 8.80. The molecule has 7 nitrogen and oxygen atoms in total. The number of aliphatic hydroxyl groups excluding tert-OH is 1. The summed E-state index contributed by atoms with van der Waals surface area (Å²) in [5.41, 5.74) is 0. The van der Waals surface area contributed by atoms with Crippen LogP contribution in [0.1, 0.15) is 78.6 Å². The van der Waals surface area contributed by atoms with Gasteiger partial charge in [0.15, 0.2) is 0 Å². The van der Waals surface area contributed by atoms with Gasteiger partial charge in [-0.05, 0) is 25.7 Å². The summed E-state index contributed by atoms with van der Waals surface area (Å²) >= 11 is 0. The molecule has 0 amide bonds. The van der Waals surface area contributed by atoms with E-state index in [-0.39, 0.29) is 19.6 Å². The normalized spacial score (nSPS) is 12.9. The Labute approximate surface area is 169 Å². The molecule has 7 heteroatoms. The van der Waals surface area contributed by atoms with E-state index in [1.165, 1.54) is 0 Å². The quantitative estimate of drug-likeness (QED) is 0.226.